The second kappa shape index (κ2) is 7.74. The molecular weight excluding hydrogens is 416 g/mol. The Morgan fingerprint density at radius 2 is 1.90 bits per heavy atom. The van der Waals surface area contributed by atoms with Gasteiger partial charge in [0.05, 0.1) is 30.4 Å². The largest absolute Gasteiger partial charge is 0.495 e. The van der Waals surface area contributed by atoms with E-state index >= 15 is 0 Å². The Labute approximate surface area is 173 Å². The van der Waals surface area contributed by atoms with Crippen LogP contribution in [0.4, 0.5) is 29.2 Å². The number of rotatable bonds is 5. The molecule has 2 aromatic carbocycles. The molecule has 0 aliphatic heterocycles. The van der Waals surface area contributed by atoms with Crippen molar-refractivity contribution in [3.63, 3.8) is 0 Å². The van der Waals surface area contributed by atoms with Gasteiger partial charge in [0.2, 0.25) is 5.95 Å². The van der Waals surface area contributed by atoms with Gasteiger partial charge in [-0.15, -0.1) is 5.10 Å². The van der Waals surface area contributed by atoms with Gasteiger partial charge in [-0.1, -0.05) is 0 Å². The molecule has 0 atom stereocenters. The molecule has 2 heterocycles. The van der Waals surface area contributed by atoms with Gasteiger partial charge in [-0.3, -0.25) is 0 Å². The van der Waals surface area contributed by atoms with Gasteiger partial charge < -0.3 is 14.6 Å². The predicted molar refractivity (Wildman–Crippen MR) is 105 cm³/mol. The molecule has 0 amide bonds. The highest BCUT2D eigenvalue weighted by Gasteiger charge is 2.31. The van der Waals surface area contributed by atoms with E-state index in [0.717, 1.165) is 11.8 Å². The zero-order valence-electron chi connectivity index (χ0n) is 16.4. The molecule has 0 aliphatic carbocycles. The van der Waals surface area contributed by atoms with Gasteiger partial charge in [-0.2, -0.15) is 18.2 Å². The number of methoxy groups -OCH3 is 1. The molecule has 7 nitrogen and oxygen atoms in total. The van der Waals surface area contributed by atoms with E-state index < -0.39 is 17.6 Å². The van der Waals surface area contributed by atoms with E-state index in [0.29, 0.717) is 23.4 Å². The van der Waals surface area contributed by atoms with Crippen molar-refractivity contribution in [3.8, 4) is 22.8 Å². The van der Waals surface area contributed by atoms with E-state index in [2.05, 4.69) is 20.4 Å². The van der Waals surface area contributed by atoms with E-state index in [1.54, 1.807) is 48.5 Å². The summed E-state index contributed by atoms with van der Waals surface area (Å²) < 4.78 is 61.4. The lowest BCUT2D eigenvalue weighted by molar-refractivity contribution is -0.137. The Morgan fingerprint density at radius 3 is 2.58 bits per heavy atom. The summed E-state index contributed by atoms with van der Waals surface area (Å²) in [6.45, 7) is 0. The number of benzene rings is 2. The molecule has 0 bridgehead atoms. The molecule has 4 aromatic rings. The Morgan fingerprint density at radius 1 is 1.10 bits per heavy atom. The van der Waals surface area contributed by atoms with Crippen molar-refractivity contribution in [3.05, 3.63) is 66.5 Å². The highest BCUT2D eigenvalue weighted by atomic mass is 19.4. The first kappa shape index (κ1) is 20.4. The smallest absolute Gasteiger partial charge is 0.416 e. The summed E-state index contributed by atoms with van der Waals surface area (Å²) in [7, 11) is 3.07. The number of alkyl halides is 3. The van der Waals surface area contributed by atoms with Gasteiger partial charge in [-0.25, -0.2) is 14.1 Å². The maximum Gasteiger partial charge on any atom is 0.416 e. The van der Waals surface area contributed by atoms with Crippen LogP contribution in [0.1, 0.15) is 5.56 Å². The number of anilines is 2. The van der Waals surface area contributed by atoms with Crippen LogP contribution in [0.5, 0.6) is 5.75 Å². The van der Waals surface area contributed by atoms with E-state index in [9.17, 15) is 17.6 Å². The van der Waals surface area contributed by atoms with Crippen molar-refractivity contribution in [1.29, 1.82) is 0 Å². The lowest BCUT2D eigenvalue weighted by atomic mass is 10.1. The summed E-state index contributed by atoms with van der Waals surface area (Å²) in [4.78, 5) is 8.30. The molecule has 0 fully saturated rings. The van der Waals surface area contributed by atoms with E-state index in [1.807, 2.05) is 0 Å². The first-order valence-corrected chi connectivity index (χ1v) is 8.98. The number of nitrogens with one attached hydrogen (secondary N) is 1. The van der Waals surface area contributed by atoms with Crippen molar-refractivity contribution >= 4 is 11.6 Å². The van der Waals surface area contributed by atoms with E-state index in [1.165, 1.54) is 11.8 Å². The molecule has 11 heteroatoms. The van der Waals surface area contributed by atoms with Gasteiger partial charge in [0.25, 0.3) is 0 Å². The maximum atomic E-state index is 14.1. The molecule has 0 saturated carbocycles. The molecule has 31 heavy (non-hydrogen) atoms. The van der Waals surface area contributed by atoms with Gasteiger partial charge in [0.1, 0.15) is 11.6 Å². The average molecular weight is 432 g/mol. The number of imidazole rings is 1. The van der Waals surface area contributed by atoms with Crippen LogP contribution in [-0.2, 0) is 13.2 Å². The van der Waals surface area contributed by atoms with Crippen LogP contribution < -0.4 is 10.1 Å². The van der Waals surface area contributed by atoms with Crippen molar-refractivity contribution in [2.75, 3.05) is 12.4 Å². The summed E-state index contributed by atoms with van der Waals surface area (Å²) in [5.74, 6) is 0.0593. The summed E-state index contributed by atoms with van der Waals surface area (Å²) in [5, 5.41) is 6.85. The third-order valence-corrected chi connectivity index (χ3v) is 4.52. The first-order chi connectivity index (χ1) is 14.8. The summed E-state index contributed by atoms with van der Waals surface area (Å²) in [6, 6.07) is 7.40. The highest BCUT2D eigenvalue weighted by Crippen LogP contribution is 2.33. The minimum absolute atomic E-state index is 0.0749. The van der Waals surface area contributed by atoms with Crippen LogP contribution in [0.2, 0.25) is 0 Å². The summed E-state index contributed by atoms with van der Waals surface area (Å²) in [5.41, 5.74) is 0.0291. The standard InChI is InChI=1S/C20H16F4N6O/c1-29-19(26-15-10-13(20(22,23)24)4-5-14(15)21)27-18(28-29)12-3-6-16(17(9-12)31-2)30-8-7-25-11-30/h3-11H,1-2H3,(H,26,27,28). The topological polar surface area (TPSA) is 69.8 Å². The molecule has 4 rings (SSSR count). The predicted octanol–water partition coefficient (Wildman–Crippen LogP) is 4.58. The van der Waals surface area contributed by atoms with Gasteiger partial charge >= 0.3 is 6.18 Å². The molecule has 0 saturated heterocycles. The fourth-order valence-electron chi connectivity index (χ4n) is 2.97. The Balaban J connectivity index is 1.66. The van der Waals surface area contributed by atoms with Crippen molar-refractivity contribution in [2.45, 2.75) is 6.18 Å². The van der Waals surface area contributed by atoms with Crippen molar-refractivity contribution in [2.24, 2.45) is 7.05 Å². The third-order valence-electron chi connectivity index (χ3n) is 4.52. The number of aryl methyl sites for hydroxylation is 1. The van der Waals surface area contributed by atoms with Crippen LogP contribution in [-0.4, -0.2) is 31.4 Å². The second-order valence-electron chi connectivity index (χ2n) is 6.56. The fraction of sp³-hybridized carbons (Fsp3) is 0.150. The Kier molecular flexibility index (Phi) is 5.09. The van der Waals surface area contributed by atoms with Crippen LogP contribution in [0, 0.1) is 5.82 Å². The summed E-state index contributed by atoms with van der Waals surface area (Å²) in [6.07, 6.45) is 0.436. The average Bonchev–Trinajstić information content (AvgIpc) is 3.39. The number of ether oxygens (including phenoxy) is 1. The monoisotopic (exact) mass is 432 g/mol. The van der Waals surface area contributed by atoms with Crippen LogP contribution in [0.15, 0.2) is 55.1 Å². The van der Waals surface area contributed by atoms with Gasteiger partial charge in [-0.05, 0) is 36.4 Å². The zero-order valence-corrected chi connectivity index (χ0v) is 16.4. The van der Waals surface area contributed by atoms with Crippen molar-refractivity contribution in [1.82, 2.24) is 24.3 Å². The zero-order chi connectivity index (χ0) is 22.2. The molecule has 0 spiro atoms. The third kappa shape index (κ3) is 4.06. The second-order valence-corrected chi connectivity index (χ2v) is 6.56. The normalized spacial score (nSPS) is 11.5. The molecule has 160 valence electrons. The molecule has 0 aliphatic rings. The first-order valence-electron chi connectivity index (χ1n) is 8.98. The number of nitrogens with zero attached hydrogens (tertiary/aromatic N) is 5. The van der Waals surface area contributed by atoms with Crippen LogP contribution in [0.3, 0.4) is 0 Å². The maximum absolute atomic E-state index is 14.1. The van der Waals surface area contributed by atoms with Crippen molar-refractivity contribution < 1.29 is 22.3 Å². The number of hydrogen-bond acceptors (Lipinski definition) is 5. The number of halogens is 4. The Bertz CT molecular complexity index is 1220. The Hall–Kier alpha value is -3.89. The molecular formula is C20H16F4N6O. The van der Waals surface area contributed by atoms with E-state index in [-0.39, 0.29) is 17.5 Å². The van der Waals surface area contributed by atoms with Gasteiger partial charge in [0.15, 0.2) is 5.82 Å². The SMILES string of the molecule is COc1cc(-c2nc(Nc3cc(C(F)(F)F)ccc3F)n(C)n2)ccc1-n1ccnc1. The fourth-order valence-corrected chi connectivity index (χ4v) is 2.97. The minimum atomic E-state index is -4.59. The quantitative estimate of drug-likeness (QED) is 0.468. The van der Waals surface area contributed by atoms with E-state index in [4.69, 9.17) is 4.74 Å². The number of hydrogen-bond donors (Lipinski definition) is 1. The number of aromatic nitrogens is 5. The molecule has 0 radical (unpaired) electrons. The molecule has 0 unspecified atom stereocenters. The lowest BCUT2D eigenvalue weighted by Gasteiger charge is -2.11. The van der Waals surface area contributed by atoms with Crippen LogP contribution in [0.25, 0.3) is 17.1 Å². The highest BCUT2D eigenvalue weighted by molar-refractivity contribution is 5.65. The molecule has 1 N–H and O–H groups in total. The lowest BCUT2D eigenvalue weighted by Crippen LogP contribution is -2.07. The molecule has 2 aromatic heterocycles. The van der Waals surface area contributed by atoms with Crippen LogP contribution >= 0.6 is 0 Å². The van der Waals surface area contributed by atoms with Gasteiger partial charge in [0, 0.05) is 25.0 Å². The summed E-state index contributed by atoms with van der Waals surface area (Å²) >= 11 is 0. The minimum Gasteiger partial charge on any atom is -0.495 e.